The predicted octanol–water partition coefficient (Wildman–Crippen LogP) is 15.3. The molecule has 64 heavy (non-hydrogen) atoms. The van der Waals surface area contributed by atoms with Crippen molar-refractivity contribution in [1.29, 1.82) is 0 Å². The summed E-state index contributed by atoms with van der Waals surface area (Å²) in [6.45, 7) is 4.53. The van der Waals surface area contributed by atoms with Gasteiger partial charge in [0.25, 0.3) is 0 Å². The summed E-state index contributed by atoms with van der Waals surface area (Å²) in [5, 5.41) is 20.4. The Kier molecular flexibility index (Phi) is 42.8. The largest absolute Gasteiger partial charge is 2.00 e. The molecule has 0 heterocycles. The van der Waals surface area contributed by atoms with Crippen LogP contribution in [0.15, 0.2) is 91.0 Å². The first-order chi connectivity index (χ1) is 30.8. The van der Waals surface area contributed by atoms with Gasteiger partial charge in [0.15, 0.2) is 0 Å². The average Bonchev–Trinajstić information content (AvgIpc) is 3.27. The van der Waals surface area contributed by atoms with Crippen molar-refractivity contribution in [2.75, 3.05) is 0 Å². The van der Waals surface area contributed by atoms with Crippen molar-refractivity contribution in [3.05, 3.63) is 91.0 Å². The molecular weight excluding hydrogens is 873 g/mol. The van der Waals surface area contributed by atoms with Crippen molar-refractivity contribution in [3.8, 4) is 17.2 Å². The Morgan fingerprint density at radius 1 is 0.359 bits per heavy atom. The minimum absolute atomic E-state index is 0. The zero-order chi connectivity index (χ0) is 45.7. The number of carboxylic acids is 2. The molecule has 0 spiro atoms. The Balaban J connectivity index is 0.000000928. The van der Waals surface area contributed by atoms with E-state index in [1.54, 1.807) is 72.8 Å². The molecule has 0 aliphatic rings. The van der Waals surface area contributed by atoms with Crippen LogP contribution in [0.4, 0.5) is 0 Å². The van der Waals surface area contributed by atoms with Crippen molar-refractivity contribution in [2.24, 2.45) is 0 Å². The van der Waals surface area contributed by atoms with Crippen LogP contribution in [0.3, 0.4) is 0 Å². The van der Waals surface area contributed by atoms with Crippen LogP contribution in [0, 0.1) is 0 Å². The van der Waals surface area contributed by atoms with E-state index in [1.807, 2.05) is 18.2 Å². The maximum atomic E-state index is 13.1. The van der Waals surface area contributed by atoms with Crippen LogP contribution in [-0.2, 0) is 33.6 Å². The van der Waals surface area contributed by atoms with E-state index < -0.39 is 19.8 Å². The molecule has 0 amide bonds. The second kappa shape index (κ2) is 45.0. The molecule has 10 heteroatoms. The number of para-hydroxylation sites is 3. The third-order valence-electron chi connectivity index (χ3n) is 10.9. The summed E-state index contributed by atoms with van der Waals surface area (Å²) in [7, 11) is -3.89. The molecule has 0 radical (unpaired) electrons. The summed E-state index contributed by atoms with van der Waals surface area (Å²) in [6.07, 6.45) is 39.7. The topological polar surface area (TPSA) is 125 Å². The molecule has 0 atom stereocenters. The number of benzene rings is 3. The molecule has 356 valence electrons. The van der Waals surface area contributed by atoms with E-state index in [2.05, 4.69) is 13.8 Å². The average molecular weight is 959 g/mol. The minimum atomic E-state index is -3.89. The first-order valence-corrected chi connectivity index (χ1v) is 26.5. The van der Waals surface area contributed by atoms with Gasteiger partial charge in [-0.3, -0.25) is 0 Å². The van der Waals surface area contributed by atoms with Gasteiger partial charge in [-0.25, -0.2) is 0 Å². The van der Waals surface area contributed by atoms with Gasteiger partial charge >= 0.3 is 27.3 Å². The number of unbranched alkanes of at least 4 members (excludes halogenated alkanes) is 28. The quantitative estimate of drug-likeness (QED) is 0.0316. The Bertz CT molecular complexity index is 1340. The first kappa shape index (κ1) is 60.9. The van der Waals surface area contributed by atoms with Gasteiger partial charge in [-0.15, -0.1) is 0 Å². The van der Waals surface area contributed by atoms with Crippen LogP contribution in [0.1, 0.15) is 219 Å². The van der Waals surface area contributed by atoms with Gasteiger partial charge in [-0.2, -0.15) is 4.57 Å². The van der Waals surface area contributed by atoms with Crippen molar-refractivity contribution in [3.63, 3.8) is 0 Å². The van der Waals surface area contributed by atoms with E-state index in [-0.39, 0.29) is 32.3 Å². The van der Waals surface area contributed by atoms with Crippen molar-refractivity contribution in [2.45, 2.75) is 219 Å². The minimum Gasteiger partial charge on any atom is -0.550 e. The van der Waals surface area contributed by atoms with Crippen molar-refractivity contribution >= 4 is 19.8 Å². The molecule has 0 aliphatic heterocycles. The fourth-order valence-electron chi connectivity index (χ4n) is 7.17. The number of hydrogen-bond acceptors (Lipinski definition) is 8. The molecule has 0 saturated heterocycles. The summed E-state index contributed by atoms with van der Waals surface area (Å²) in [4.78, 5) is 20.4. The van der Waals surface area contributed by atoms with E-state index in [9.17, 15) is 24.4 Å². The monoisotopic (exact) mass is 957 g/mol. The molecule has 0 bridgehead atoms. The Hall–Kier alpha value is -3.15. The predicted molar refractivity (Wildman–Crippen MR) is 258 cm³/mol. The van der Waals surface area contributed by atoms with Crippen LogP contribution in [0.5, 0.6) is 17.2 Å². The molecule has 0 unspecified atom stereocenters. The van der Waals surface area contributed by atoms with Gasteiger partial charge in [0.1, 0.15) is 17.2 Å². The van der Waals surface area contributed by atoms with E-state index in [1.165, 1.54) is 167 Å². The third-order valence-corrected chi connectivity index (χ3v) is 12.2. The standard InChI is InChI=1S/C18H15O4P.2C18H36O2.Zn/c19-23(20-16-10-4-1-5-11-16,21-17-12-6-2-7-13-17)22-18-14-8-3-9-15-18;2*1-2-3-4-5-6-7-8-9-10-11-12-13-14-15-16-17-18(19)20;/h1-15H;2*2-17H2,1H3,(H,19,20);/q;;;+2/p-2. The normalized spacial score (nSPS) is 10.7. The number of carbonyl (C=O) groups is 2. The van der Waals surface area contributed by atoms with E-state index in [0.29, 0.717) is 17.2 Å². The van der Waals surface area contributed by atoms with Crippen molar-refractivity contribution < 1.29 is 57.4 Å². The fraction of sp³-hybridized carbons (Fsp3) is 0.630. The van der Waals surface area contributed by atoms with Gasteiger partial charge in [0.05, 0.1) is 0 Å². The van der Waals surface area contributed by atoms with Crippen LogP contribution in [0.2, 0.25) is 0 Å². The molecule has 8 nitrogen and oxygen atoms in total. The van der Waals surface area contributed by atoms with Gasteiger partial charge in [-0.05, 0) is 62.1 Å². The Labute approximate surface area is 402 Å². The van der Waals surface area contributed by atoms with Gasteiger partial charge in [-0.1, -0.05) is 248 Å². The first-order valence-electron chi connectivity index (χ1n) is 25.0. The zero-order valence-electron chi connectivity index (χ0n) is 40.2. The molecule has 0 aliphatic carbocycles. The summed E-state index contributed by atoms with van der Waals surface area (Å²) < 4.78 is 29.6. The van der Waals surface area contributed by atoms with E-state index >= 15 is 0 Å². The molecule has 0 fully saturated rings. The van der Waals surface area contributed by atoms with Crippen LogP contribution in [0.25, 0.3) is 0 Å². The van der Waals surface area contributed by atoms with Gasteiger partial charge in [0, 0.05) is 11.9 Å². The van der Waals surface area contributed by atoms with E-state index in [4.69, 9.17) is 13.6 Å². The number of aliphatic carboxylic acids is 2. The van der Waals surface area contributed by atoms with Gasteiger partial charge in [0.2, 0.25) is 0 Å². The van der Waals surface area contributed by atoms with Crippen LogP contribution >= 0.6 is 7.82 Å². The number of rotatable bonds is 38. The summed E-state index contributed by atoms with van der Waals surface area (Å²) in [5.74, 6) is -0.590. The van der Waals surface area contributed by atoms with Crippen molar-refractivity contribution in [1.82, 2.24) is 0 Å². The maximum absolute atomic E-state index is 13.1. The molecule has 3 aromatic rings. The number of carboxylic acid groups (broad SMARTS) is 2. The summed E-state index contributed by atoms with van der Waals surface area (Å²) in [5.41, 5.74) is 0. The summed E-state index contributed by atoms with van der Waals surface area (Å²) in [6, 6.07) is 26.4. The number of hydrogen-bond donors (Lipinski definition) is 0. The number of phosphoric ester groups is 1. The molecule has 0 N–H and O–H groups in total. The molecule has 0 saturated carbocycles. The molecule has 0 aromatic heterocycles. The Morgan fingerprint density at radius 3 is 0.734 bits per heavy atom. The van der Waals surface area contributed by atoms with Gasteiger partial charge < -0.3 is 33.4 Å². The molecular formula is C54H85O8PZn. The van der Waals surface area contributed by atoms with Crippen LogP contribution < -0.4 is 23.8 Å². The van der Waals surface area contributed by atoms with E-state index in [0.717, 1.165) is 25.7 Å². The number of carbonyl (C=O) groups excluding carboxylic acids is 2. The third kappa shape index (κ3) is 40.4. The smallest absolute Gasteiger partial charge is 0.550 e. The summed E-state index contributed by atoms with van der Waals surface area (Å²) >= 11 is 0. The van der Waals surface area contributed by atoms with Crippen LogP contribution in [-0.4, -0.2) is 11.9 Å². The SMILES string of the molecule is CCCCCCCCCCCCCCCCCC(=O)[O-].CCCCCCCCCCCCCCCCCC(=O)[O-].O=P(Oc1ccccc1)(Oc1ccccc1)Oc1ccccc1.[Zn+2]. The second-order valence-corrected chi connectivity index (χ2v) is 18.2. The maximum Gasteiger partial charge on any atom is 2.00 e. The Morgan fingerprint density at radius 2 is 0.547 bits per heavy atom. The fourth-order valence-corrected chi connectivity index (χ4v) is 8.42. The zero-order valence-corrected chi connectivity index (χ0v) is 44.1. The second-order valence-electron chi connectivity index (χ2n) is 16.8. The number of phosphoric acid groups is 1. The molecule has 3 aromatic carbocycles. The molecule has 3 rings (SSSR count).